The van der Waals surface area contributed by atoms with Crippen molar-refractivity contribution in [3.63, 3.8) is 0 Å². The molecule has 12 heteroatoms. The van der Waals surface area contributed by atoms with Gasteiger partial charge in [-0.25, -0.2) is 9.48 Å². The van der Waals surface area contributed by atoms with Gasteiger partial charge in [0.1, 0.15) is 12.1 Å². The quantitative estimate of drug-likeness (QED) is 0.263. The number of ether oxygens (including phenoxy) is 2. The Kier molecular flexibility index (Phi) is 7.02. The van der Waals surface area contributed by atoms with E-state index in [-0.39, 0.29) is 12.5 Å². The predicted molar refractivity (Wildman–Crippen MR) is 135 cm³/mol. The summed E-state index contributed by atoms with van der Waals surface area (Å²) in [4.78, 5) is 28.3. The van der Waals surface area contributed by atoms with Gasteiger partial charge in [0.05, 0.1) is 11.4 Å². The Bertz CT molecular complexity index is 1190. The number of carbonyl (C=O) groups is 2. The van der Waals surface area contributed by atoms with Crippen LogP contribution in [-0.2, 0) is 26.1 Å². The summed E-state index contributed by atoms with van der Waals surface area (Å²) in [5.74, 6) is -0.427. The number of nitrogens with zero attached hydrogens (tertiary/aromatic N) is 5. The number of benzene rings is 2. The Labute approximate surface area is 216 Å². The van der Waals surface area contributed by atoms with Gasteiger partial charge in [0.15, 0.2) is 12.3 Å². The van der Waals surface area contributed by atoms with Gasteiger partial charge in [0.25, 0.3) is 0 Å². The summed E-state index contributed by atoms with van der Waals surface area (Å²) in [7, 11) is 1.75. The molecule has 3 aromatic rings. The summed E-state index contributed by atoms with van der Waals surface area (Å²) in [6.07, 6.45) is 0.598. The van der Waals surface area contributed by atoms with Crippen LogP contribution in [-0.4, -0.2) is 78.7 Å². The lowest BCUT2D eigenvalue weighted by Crippen LogP contribution is -2.80. The molecule has 2 aliphatic heterocycles. The first-order valence-electron chi connectivity index (χ1n) is 11.4. The number of esters is 1. The second-order valence-electron chi connectivity index (χ2n) is 8.66. The minimum Gasteiger partial charge on any atom is -0.451 e. The van der Waals surface area contributed by atoms with E-state index in [4.69, 9.17) is 15.2 Å². The number of aromatic nitrogens is 4. The van der Waals surface area contributed by atoms with E-state index in [2.05, 4.69) is 15.5 Å². The van der Waals surface area contributed by atoms with Gasteiger partial charge in [0, 0.05) is 12.8 Å². The molecule has 0 radical (unpaired) electrons. The number of rotatable bonds is 8. The minimum atomic E-state index is -0.901. The highest BCUT2D eigenvalue weighted by atomic mass is 32.2. The van der Waals surface area contributed by atoms with Gasteiger partial charge in [-0.2, -0.15) is 11.8 Å². The van der Waals surface area contributed by atoms with E-state index in [9.17, 15) is 9.59 Å². The van der Waals surface area contributed by atoms with Crippen LogP contribution in [0.4, 0.5) is 0 Å². The first-order chi connectivity index (χ1) is 17.4. The maximum Gasteiger partial charge on any atom is 0.331 e. The second-order valence-corrected chi connectivity index (χ2v) is 10.8. The molecule has 0 saturated carbocycles. The summed E-state index contributed by atoms with van der Waals surface area (Å²) in [6, 6.07) is 17.4. The van der Waals surface area contributed by atoms with Gasteiger partial charge in [-0.1, -0.05) is 72.4 Å². The highest BCUT2D eigenvalue weighted by Gasteiger charge is 2.62. The molecule has 0 aliphatic carbocycles. The smallest absolute Gasteiger partial charge is 0.331 e. The van der Waals surface area contributed by atoms with Crippen molar-refractivity contribution < 1.29 is 19.1 Å². The first-order valence-corrected chi connectivity index (χ1v) is 13.6. The molecule has 2 fully saturated rings. The predicted octanol–water partition coefficient (Wildman–Crippen LogP) is 1.63. The van der Waals surface area contributed by atoms with E-state index >= 15 is 0 Å². The molecule has 188 valence electrons. The molecule has 2 aromatic carbocycles. The molecule has 0 bridgehead atoms. The third-order valence-electron chi connectivity index (χ3n) is 6.49. The monoisotopic (exact) mass is 526 g/mol. The molecule has 10 nitrogen and oxygen atoms in total. The molecule has 2 N–H and O–H groups in total. The van der Waals surface area contributed by atoms with E-state index in [0.717, 1.165) is 11.1 Å². The van der Waals surface area contributed by atoms with Crippen LogP contribution in [0.25, 0.3) is 0 Å². The van der Waals surface area contributed by atoms with Crippen LogP contribution in [0.1, 0.15) is 17.2 Å². The summed E-state index contributed by atoms with van der Waals surface area (Å²) < 4.78 is 13.0. The normalized spacial score (nSPS) is 25.4. The Morgan fingerprint density at radius 1 is 1.19 bits per heavy atom. The third kappa shape index (κ3) is 4.38. The fourth-order valence-corrected chi connectivity index (χ4v) is 6.70. The topological polar surface area (TPSA) is 125 Å². The number of fused-ring (bicyclic) bond motifs is 1. The summed E-state index contributed by atoms with van der Waals surface area (Å²) >= 11 is 2.85. The maximum absolute atomic E-state index is 14.0. The fourth-order valence-electron chi connectivity index (χ4n) is 4.50. The molecule has 2 aliphatic rings. The van der Waals surface area contributed by atoms with Gasteiger partial charge >= 0.3 is 5.97 Å². The van der Waals surface area contributed by atoms with Gasteiger partial charge in [0.2, 0.25) is 11.1 Å². The lowest BCUT2D eigenvalue weighted by atomic mass is 9.90. The fraction of sp³-hybridized carbons (Fsp3) is 0.375. The molecular weight excluding hydrogens is 500 g/mol. The van der Waals surface area contributed by atoms with E-state index in [1.54, 1.807) is 11.7 Å². The van der Waals surface area contributed by atoms with Crippen LogP contribution in [0.2, 0.25) is 0 Å². The van der Waals surface area contributed by atoms with Gasteiger partial charge in [-0.05, 0) is 27.8 Å². The van der Waals surface area contributed by atoms with E-state index in [0.29, 0.717) is 10.9 Å². The SMILES string of the molecule is CS[C@]1(CSc2nnnn2C)CO[C@@H]2[C@H](N)C(=O)N2[C@H]1C(=O)OC(c1ccccc1)c1ccccc1. The number of nitrogens with two attached hydrogens (primary N) is 1. The van der Waals surface area contributed by atoms with Crippen molar-refractivity contribution in [3.8, 4) is 0 Å². The van der Waals surface area contributed by atoms with Crippen molar-refractivity contribution in [2.45, 2.75) is 34.3 Å². The van der Waals surface area contributed by atoms with E-state index in [1.807, 2.05) is 66.9 Å². The van der Waals surface area contributed by atoms with Crippen molar-refractivity contribution in [1.82, 2.24) is 25.1 Å². The van der Waals surface area contributed by atoms with Crippen molar-refractivity contribution in [1.29, 1.82) is 0 Å². The molecule has 0 unspecified atom stereocenters. The Morgan fingerprint density at radius 2 is 1.83 bits per heavy atom. The van der Waals surface area contributed by atoms with Gasteiger partial charge in [-0.3, -0.25) is 9.69 Å². The molecule has 36 heavy (non-hydrogen) atoms. The van der Waals surface area contributed by atoms with Crippen LogP contribution in [0.3, 0.4) is 0 Å². The van der Waals surface area contributed by atoms with E-state index in [1.165, 1.54) is 28.4 Å². The zero-order chi connectivity index (χ0) is 25.3. The number of tetrazole rings is 1. The lowest BCUT2D eigenvalue weighted by molar-refractivity contribution is -0.217. The highest BCUT2D eigenvalue weighted by molar-refractivity contribution is 8.03. The van der Waals surface area contributed by atoms with Gasteiger partial charge < -0.3 is 15.2 Å². The van der Waals surface area contributed by atoms with Crippen molar-refractivity contribution in [2.75, 3.05) is 18.6 Å². The summed E-state index contributed by atoms with van der Waals surface area (Å²) in [5, 5.41) is 12.2. The van der Waals surface area contributed by atoms with Crippen LogP contribution in [0, 0.1) is 0 Å². The number of β-lactam (4-membered cyclic amide) rings is 1. The van der Waals surface area contributed by atoms with Crippen LogP contribution < -0.4 is 5.73 Å². The standard InChI is InChI=1S/C24H26N6O4S2/c1-29-23(26-27-28-29)36-14-24(35-2)13-33-21-17(25)20(31)30(21)19(24)22(32)34-18(15-9-5-3-6-10-15)16-11-7-4-8-12-16/h3-12,17-19,21H,13-14,25H2,1-2H3/t17-,19+,21-,24+/m1/s1. The maximum atomic E-state index is 14.0. The van der Waals surface area contributed by atoms with Crippen molar-refractivity contribution in [3.05, 3.63) is 71.8 Å². The zero-order valence-electron chi connectivity index (χ0n) is 19.8. The summed E-state index contributed by atoms with van der Waals surface area (Å²) in [5.41, 5.74) is 7.68. The Balaban J connectivity index is 1.48. The second kappa shape index (κ2) is 10.2. The molecule has 0 spiro atoms. The molecule has 1 aromatic heterocycles. The number of hydrogen-bond acceptors (Lipinski definition) is 10. The Morgan fingerprint density at radius 3 is 2.39 bits per heavy atom. The van der Waals surface area contributed by atoms with E-state index < -0.39 is 35.1 Å². The average Bonchev–Trinajstić information content (AvgIpc) is 3.34. The number of hydrogen-bond donors (Lipinski definition) is 1. The van der Waals surface area contributed by atoms with Crippen LogP contribution in [0.15, 0.2) is 65.8 Å². The lowest BCUT2D eigenvalue weighted by Gasteiger charge is -2.57. The molecule has 5 rings (SSSR count). The first kappa shape index (κ1) is 24.8. The Hall–Kier alpha value is -2.93. The number of carbonyl (C=O) groups excluding carboxylic acids is 2. The zero-order valence-corrected chi connectivity index (χ0v) is 21.4. The third-order valence-corrected chi connectivity index (χ3v) is 9.24. The number of aryl methyl sites for hydroxylation is 1. The minimum absolute atomic E-state index is 0.218. The summed E-state index contributed by atoms with van der Waals surface area (Å²) in [6.45, 7) is 0.218. The largest absolute Gasteiger partial charge is 0.451 e. The van der Waals surface area contributed by atoms with Crippen molar-refractivity contribution in [2.24, 2.45) is 12.8 Å². The average molecular weight is 527 g/mol. The number of thioether (sulfide) groups is 2. The van der Waals surface area contributed by atoms with Gasteiger partial charge in [-0.15, -0.1) is 5.10 Å². The number of amides is 1. The molecule has 4 atom stereocenters. The van der Waals surface area contributed by atoms with Crippen molar-refractivity contribution >= 4 is 35.4 Å². The molecule has 2 saturated heterocycles. The van der Waals surface area contributed by atoms with Crippen LogP contribution >= 0.6 is 23.5 Å². The molecule has 1 amide bonds. The van der Waals surface area contributed by atoms with Crippen LogP contribution in [0.5, 0.6) is 0 Å². The highest BCUT2D eigenvalue weighted by Crippen LogP contribution is 2.44. The molecular formula is C24H26N6O4S2. The molecule has 3 heterocycles.